The number of carboxylic acid groups (broad SMARTS) is 2. The molecule has 2 N–H and O–H groups in total. The first-order valence-electron chi connectivity index (χ1n) is 4.81. The lowest BCUT2D eigenvalue weighted by atomic mass is 10.4. The van der Waals surface area contributed by atoms with E-state index in [1.807, 2.05) is 0 Å². The quantitative estimate of drug-likeness (QED) is 0.461. The number of aliphatic carboxylic acids is 2. The molecular formula is C13H18O6. The van der Waals surface area contributed by atoms with Crippen molar-refractivity contribution in [1.29, 1.82) is 0 Å². The van der Waals surface area contributed by atoms with Crippen LogP contribution in [0.2, 0.25) is 0 Å². The number of hydrogen-bond donors (Lipinski definition) is 2. The molecule has 6 heteroatoms. The fraction of sp³-hybridized carbons (Fsp3) is 0.154. The number of carbonyl (C=O) groups is 3. The number of hydrogen-bond acceptors (Lipinski definition) is 4. The summed E-state index contributed by atoms with van der Waals surface area (Å²) < 4.78 is 4.33. The molecule has 0 amide bonds. The lowest BCUT2D eigenvalue weighted by Gasteiger charge is -1.92. The third-order valence-electron chi connectivity index (χ3n) is 1.08. The van der Waals surface area contributed by atoms with Crippen LogP contribution < -0.4 is 0 Å². The number of carboxylic acids is 2. The van der Waals surface area contributed by atoms with Gasteiger partial charge in [0.15, 0.2) is 0 Å². The number of carbonyl (C=O) groups excluding carboxylic acids is 1. The molecule has 0 rings (SSSR count). The van der Waals surface area contributed by atoms with E-state index >= 15 is 0 Å². The van der Waals surface area contributed by atoms with Gasteiger partial charge in [-0.25, -0.2) is 14.4 Å². The summed E-state index contributed by atoms with van der Waals surface area (Å²) in [5, 5.41) is 15.5. The van der Waals surface area contributed by atoms with Crippen LogP contribution >= 0.6 is 0 Å². The fourth-order valence-electron chi connectivity index (χ4n) is 0.176. The molecule has 0 aromatic rings. The first kappa shape index (κ1) is 21.6. The molecule has 6 nitrogen and oxygen atoms in total. The van der Waals surface area contributed by atoms with Crippen LogP contribution in [0.25, 0.3) is 0 Å². The Balaban J connectivity index is -0.000000209. The first-order valence-corrected chi connectivity index (χ1v) is 4.81. The fourth-order valence-corrected chi connectivity index (χ4v) is 0.176. The average Bonchev–Trinajstić information content (AvgIpc) is 2.30. The maximum absolute atomic E-state index is 10.3. The number of esters is 1. The highest BCUT2D eigenvalue weighted by atomic mass is 16.5. The van der Waals surface area contributed by atoms with Crippen molar-refractivity contribution in [2.24, 2.45) is 0 Å². The SMILES string of the molecule is C=C(C)C(=O)O.C=CC(=O)O.C=COC(=O)C(=C)C. The monoisotopic (exact) mass is 270 g/mol. The van der Waals surface area contributed by atoms with Gasteiger partial charge in [0.2, 0.25) is 0 Å². The van der Waals surface area contributed by atoms with E-state index in [2.05, 4.69) is 31.1 Å². The van der Waals surface area contributed by atoms with E-state index in [-0.39, 0.29) is 5.57 Å². The molecule has 0 saturated heterocycles. The molecule has 0 bridgehead atoms. The molecule has 0 spiro atoms. The van der Waals surface area contributed by atoms with Gasteiger partial charge in [-0.15, -0.1) is 0 Å². The highest BCUT2D eigenvalue weighted by Crippen LogP contribution is 1.90. The Bertz CT molecular complexity index is 367. The molecule has 0 radical (unpaired) electrons. The average molecular weight is 270 g/mol. The number of rotatable bonds is 4. The number of ether oxygens (including phenoxy) is 1. The van der Waals surface area contributed by atoms with Crippen LogP contribution in [0.5, 0.6) is 0 Å². The van der Waals surface area contributed by atoms with Crippen molar-refractivity contribution in [3.63, 3.8) is 0 Å². The molecule has 0 aliphatic carbocycles. The van der Waals surface area contributed by atoms with E-state index in [9.17, 15) is 14.4 Å². The predicted molar refractivity (Wildman–Crippen MR) is 71.4 cm³/mol. The summed E-state index contributed by atoms with van der Waals surface area (Å²) in [5.74, 6) is -2.35. The molecule has 0 aliphatic rings. The van der Waals surface area contributed by atoms with Gasteiger partial charge in [0.1, 0.15) is 0 Å². The Hall–Kier alpha value is -2.63. The second-order valence-electron chi connectivity index (χ2n) is 2.98. The minimum absolute atomic E-state index is 0.176. The Morgan fingerprint density at radius 1 is 1.00 bits per heavy atom. The largest absolute Gasteiger partial charge is 0.478 e. The lowest BCUT2D eigenvalue weighted by molar-refractivity contribution is -0.134. The standard InChI is InChI=1S/C6H8O2.C4H6O2.C3H4O2/c1-4-8-6(7)5(2)3;1-3(2)4(5)6;1-2-3(4)5/h4H,1-2H2,3H3;1H2,2H3,(H,5,6);2H,1H2,(H,4,5). The predicted octanol–water partition coefficient (Wildman–Crippen LogP) is 2.15. The van der Waals surface area contributed by atoms with Gasteiger partial charge < -0.3 is 14.9 Å². The highest BCUT2D eigenvalue weighted by Gasteiger charge is 1.97. The van der Waals surface area contributed by atoms with Crippen molar-refractivity contribution >= 4 is 17.9 Å². The highest BCUT2D eigenvalue weighted by molar-refractivity contribution is 5.87. The molecule has 0 saturated carbocycles. The zero-order valence-electron chi connectivity index (χ0n) is 11.0. The third-order valence-corrected chi connectivity index (χ3v) is 1.08. The molecule has 0 aromatic heterocycles. The summed E-state index contributed by atoms with van der Waals surface area (Å²) in [4.78, 5) is 29.2. The summed E-state index contributed by atoms with van der Waals surface area (Å²) in [6.07, 6.45) is 1.91. The zero-order chi connectivity index (χ0) is 16.0. The molecule has 0 unspecified atom stereocenters. The molecule has 19 heavy (non-hydrogen) atoms. The van der Waals surface area contributed by atoms with Crippen molar-refractivity contribution in [3.8, 4) is 0 Å². The summed E-state index contributed by atoms with van der Waals surface area (Å²) in [5.41, 5.74) is 0.555. The van der Waals surface area contributed by atoms with Crippen molar-refractivity contribution in [3.05, 3.63) is 49.8 Å². The van der Waals surface area contributed by atoms with E-state index in [0.717, 1.165) is 12.3 Å². The molecule has 0 aliphatic heterocycles. The van der Waals surface area contributed by atoms with E-state index < -0.39 is 17.9 Å². The Kier molecular flexibility index (Phi) is 15.3. The van der Waals surface area contributed by atoms with Crippen LogP contribution in [-0.2, 0) is 19.1 Å². The van der Waals surface area contributed by atoms with Crippen LogP contribution in [0.1, 0.15) is 13.8 Å². The smallest absolute Gasteiger partial charge is 0.337 e. The summed E-state index contributed by atoms with van der Waals surface area (Å²) >= 11 is 0. The molecule has 0 aromatic carbocycles. The molecule has 0 fully saturated rings. The summed E-state index contributed by atoms with van der Waals surface area (Å²) in [6.45, 7) is 15.7. The van der Waals surface area contributed by atoms with Crippen LogP contribution in [0, 0.1) is 0 Å². The van der Waals surface area contributed by atoms with Crippen LogP contribution in [0.3, 0.4) is 0 Å². The second kappa shape index (κ2) is 13.4. The van der Waals surface area contributed by atoms with Crippen LogP contribution in [0.15, 0.2) is 49.8 Å². The van der Waals surface area contributed by atoms with Gasteiger partial charge in [-0.1, -0.05) is 26.3 Å². The molecular weight excluding hydrogens is 252 g/mol. The van der Waals surface area contributed by atoms with Crippen molar-refractivity contribution in [2.75, 3.05) is 0 Å². The van der Waals surface area contributed by atoms with Gasteiger partial charge in [0, 0.05) is 17.2 Å². The minimum Gasteiger partial charge on any atom is -0.478 e. The molecule has 0 atom stereocenters. The van der Waals surface area contributed by atoms with Crippen molar-refractivity contribution in [2.45, 2.75) is 13.8 Å². The summed E-state index contributed by atoms with van der Waals surface area (Å²) in [7, 11) is 0. The van der Waals surface area contributed by atoms with Gasteiger partial charge in [-0.05, 0) is 13.8 Å². The first-order chi connectivity index (χ1) is 8.59. The lowest BCUT2D eigenvalue weighted by Crippen LogP contribution is -1.98. The normalized spacial score (nSPS) is 7.26. The Labute approximate surface area is 112 Å². The van der Waals surface area contributed by atoms with Crippen molar-refractivity contribution in [1.82, 2.24) is 0 Å². The maximum Gasteiger partial charge on any atom is 0.337 e. The van der Waals surface area contributed by atoms with E-state index in [0.29, 0.717) is 5.57 Å². The van der Waals surface area contributed by atoms with Gasteiger partial charge in [0.25, 0.3) is 0 Å². The topological polar surface area (TPSA) is 101 Å². The van der Waals surface area contributed by atoms with E-state index in [1.54, 1.807) is 6.92 Å². The van der Waals surface area contributed by atoms with Crippen LogP contribution in [0.4, 0.5) is 0 Å². The zero-order valence-corrected chi connectivity index (χ0v) is 11.0. The van der Waals surface area contributed by atoms with Crippen molar-refractivity contribution < 1.29 is 29.3 Å². The summed E-state index contributed by atoms with van der Waals surface area (Å²) in [6, 6.07) is 0. The second-order valence-corrected chi connectivity index (χ2v) is 2.98. The Morgan fingerprint density at radius 3 is 1.37 bits per heavy atom. The molecule has 0 heterocycles. The van der Waals surface area contributed by atoms with Crippen LogP contribution in [-0.4, -0.2) is 28.1 Å². The third kappa shape index (κ3) is 25.5. The Morgan fingerprint density at radius 2 is 1.32 bits per heavy atom. The minimum atomic E-state index is -0.981. The van der Waals surface area contributed by atoms with Gasteiger partial charge in [-0.2, -0.15) is 0 Å². The van der Waals surface area contributed by atoms with E-state index in [4.69, 9.17) is 10.2 Å². The molecule has 106 valence electrons. The van der Waals surface area contributed by atoms with Gasteiger partial charge >= 0.3 is 17.9 Å². The van der Waals surface area contributed by atoms with Gasteiger partial charge in [0.05, 0.1) is 6.26 Å². The van der Waals surface area contributed by atoms with Gasteiger partial charge in [-0.3, -0.25) is 0 Å². The maximum atomic E-state index is 10.3. The van der Waals surface area contributed by atoms with E-state index in [1.165, 1.54) is 6.92 Å².